The third-order valence-electron chi connectivity index (χ3n) is 4.02. The summed E-state index contributed by atoms with van der Waals surface area (Å²) in [5.74, 6) is -0.0862. The molecule has 136 valence electrons. The van der Waals surface area contributed by atoms with Crippen molar-refractivity contribution in [2.45, 2.75) is 33.4 Å². The fraction of sp³-hybridized carbons (Fsp3) is 0.278. The van der Waals surface area contributed by atoms with Gasteiger partial charge in [0, 0.05) is 17.1 Å². The van der Waals surface area contributed by atoms with Crippen molar-refractivity contribution in [2.75, 3.05) is 5.32 Å². The van der Waals surface area contributed by atoms with Gasteiger partial charge in [0.05, 0.1) is 41.4 Å². The van der Waals surface area contributed by atoms with Crippen LogP contribution < -0.4 is 5.32 Å². The molecule has 1 amide bonds. The van der Waals surface area contributed by atoms with Gasteiger partial charge in [0.25, 0.3) is 0 Å². The normalized spacial score (nSPS) is 10.9. The summed E-state index contributed by atoms with van der Waals surface area (Å²) >= 11 is 9.54. The first-order chi connectivity index (χ1) is 12.4. The first kappa shape index (κ1) is 18.7. The fourth-order valence-corrected chi connectivity index (χ4v) is 3.01. The SMILES string of the molecule is Cc1nn(CCC(=O)Nc2cnn(Cc3ccc(Br)cc3)c2)c(C)c1Cl. The third kappa shape index (κ3) is 4.53. The Hall–Kier alpha value is -2.12. The largest absolute Gasteiger partial charge is 0.323 e. The minimum atomic E-state index is -0.0862. The van der Waals surface area contributed by atoms with Crippen LogP contribution in [0.1, 0.15) is 23.4 Å². The second kappa shape index (κ2) is 8.05. The smallest absolute Gasteiger partial charge is 0.226 e. The molecule has 0 radical (unpaired) electrons. The first-order valence-electron chi connectivity index (χ1n) is 8.18. The van der Waals surface area contributed by atoms with E-state index < -0.39 is 0 Å². The highest BCUT2D eigenvalue weighted by atomic mass is 79.9. The van der Waals surface area contributed by atoms with Crippen molar-refractivity contribution in [1.29, 1.82) is 0 Å². The lowest BCUT2D eigenvalue weighted by molar-refractivity contribution is -0.116. The molecule has 26 heavy (non-hydrogen) atoms. The minimum absolute atomic E-state index is 0.0862. The van der Waals surface area contributed by atoms with Crippen LogP contribution in [-0.4, -0.2) is 25.5 Å². The molecule has 0 aliphatic carbocycles. The molecule has 0 atom stereocenters. The van der Waals surface area contributed by atoms with Gasteiger partial charge >= 0.3 is 0 Å². The van der Waals surface area contributed by atoms with Crippen molar-refractivity contribution in [2.24, 2.45) is 0 Å². The number of carbonyl (C=O) groups excluding carboxylic acids is 1. The monoisotopic (exact) mass is 435 g/mol. The van der Waals surface area contributed by atoms with Gasteiger partial charge < -0.3 is 5.32 Å². The molecule has 0 fully saturated rings. The summed E-state index contributed by atoms with van der Waals surface area (Å²) in [6.45, 7) is 4.88. The molecule has 6 nitrogen and oxygen atoms in total. The molecular formula is C18H19BrClN5O. The molecule has 0 unspecified atom stereocenters. The van der Waals surface area contributed by atoms with Gasteiger partial charge in [0.2, 0.25) is 5.91 Å². The number of anilines is 1. The maximum atomic E-state index is 12.2. The van der Waals surface area contributed by atoms with Crippen molar-refractivity contribution in [3.05, 3.63) is 63.1 Å². The van der Waals surface area contributed by atoms with Crippen molar-refractivity contribution >= 4 is 39.1 Å². The highest BCUT2D eigenvalue weighted by molar-refractivity contribution is 9.10. The summed E-state index contributed by atoms with van der Waals surface area (Å²) in [5.41, 5.74) is 3.46. The number of halogens is 2. The van der Waals surface area contributed by atoms with Crippen LogP contribution in [0.25, 0.3) is 0 Å². The predicted octanol–water partition coefficient (Wildman–Crippen LogP) is 4.19. The van der Waals surface area contributed by atoms with Crippen LogP contribution in [0.2, 0.25) is 5.02 Å². The lowest BCUT2D eigenvalue weighted by atomic mass is 10.2. The van der Waals surface area contributed by atoms with Crippen LogP contribution in [-0.2, 0) is 17.9 Å². The van der Waals surface area contributed by atoms with Gasteiger partial charge in [-0.15, -0.1) is 0 Å². The zero-order chi connectivity index (χ0) is 18.7. The summed E-state index contributed by atoms with van der Waals surface area (Å²) in [6.07, 6.45) is 3.78. The van der Waals surface area contributed by atoms with Crippen LogP contribution in [0.3, 0.4) is 0 Å². The molecular weight excluding hydrogens is 418 g/mol. The number of carbonyl (C=O) groups is 1. The van der Waals surface area contributed by atoms with Gasteiger partial charge in [-0.25, -0.2) is 0 Å². The Morgan fingerprint density at radius 1 is 1.27 bits per heavy atom. The van der Waals surface area contributed by atoms with Crippen molar-refractivity contribution in [3.8, 4) is 0 Å². The predicted molar refractivity (Wildman–Crippen MR) is 105 cm³/mol. The number of hydrogen-bond donors (Lipinski definition) is 1. The van der Waals surface area contributed by atoms with E-state index in [4.69, 9.17) is 11.6 Å². The van der Waals surface area contributed by atoms with Gasteiger partial charge in [0.1, 0.15) is 0 Å². The fourth-order valence-electron chi connectivity index (χ4n) is 2.62. The number of nitrogens with zero attached hydrogens (tertiary/aromatic N) is 4. The summed E-state index contributed by atoms with van der Waals surface area (Å²) in [6, 6.07) is 8.05. The second-order valence-electron chi connectivity index (χ2n) is 6.06. The zero-order valence-corrected chi connectivity index (χ0v) is 16.9. The second-order valence-corrected chi connectivity index (χ2v) is 7.35. The highest BCUT2D eigenvalue weighted by Gasteiger charge is 2.11. The van der Waals surface area contributed by atoms with Crippen LogP contribution in [0.4, 0.5) is 5.69 Å². The lowest BCUT2D eigenvalue weighted by Crippen LogP contribution is -2.15. The standard InChI is InChI=1S/C18H19BrClN5O/c1-12-18(20)13(2)25(23-12)8-7-17(26)22-16-9-21-24(11-16)10-14-3-5-15(19)6-4-14/h3-6,9,11H,7-8,10H2,1-2H3,(H,22,26). The van der Waals surface area contributed by atoms with E-state index in [9.17, 15) is 4.79 Å². The van der Waals surface area contributed by atoms with Gasteiger partial charge in [0.15, 0.2) is 0 Å². The maximum absolute atomic E-state index is 12.2. The molecule has 0 spiro atoms. The van der Waals surface area contributed by atoms with E-state index in [0.717, 1.165) is 21.4 Å². The van der Waals surface area contributed by atoms with Gasteiger partial charge in [-0.1, -0.05) is 39.7 Å². The summed E-state index contributed by atoms with van der Waals surface area (Å²) in [4.78, 5) is 12.2. The highest BCUT2D eigenvalue weighted by Crippen LogP contribution is 2.19. The van der Waals surface area contributed by atoms with E-state index in [-0.39, 0.29) is 5.91 Å². The molecule has 3 aromatic rings. The average molecular weight is 437 g/mol. The molecule has 2 heterocycles. The number of benzene rings is 1. The minimum Gasteiger partial charge on any atom is -0.323 e. The number of amides is 1. The number of aryl methyl sites for hydroxylation is 2. The molecule has 1 N–H and O–H groups in total. The Balaban J connectivity index is 1.54. The molecule has 8 heteroatoms. The lowest BCUT2D eigenvalue weighted by Gasteiger charge is -2.05. The number of aromatic nitrogens is 4. The Labute approximate surface area is 165 Å². The number of rotatable bonds is 6. The van der Waals surface area contributed by atoms with Gasteiger partial charge in [-0.2, -0.15) is 10.2 Å². The van der Waals surface area contributed by atoms with Crippen LogP contribution >= 0.6 is 27.5 Å². The van der Waals surface area contributed by atoms with Crippen molar-refractivity contribution in [3.63, 3.8) is 0 Å². The topological polar surface area (TPSA) is 64.7 Å². The Morgan fingerprint density at radius 2 is 2.00 bits per heavy atom. The summed E-state index contributed by atoms with van der Waals surface area (Å²) in [5, 5.41) is 12.1. The Morgan fingerprint density at radius 3 is 2.65 bits per heavy atom. The summed E-state index contributed by atoms with van der Waals surface area (Å²) < 4.78 is 4.59. The Kier molecular flexibility index (Phi) is 5.78. The molecule has 0 aliphatic rings. The van der Waals surface area contributed by atoms with Crippen molar-refractivity contribution in [1.82, 2.24) is 19.6 Å². The van der Waals surface area contributed by atoms with E-state index in [1.54, 1.807) is 15.6 Å². The third-order valence-corrected chi connectivity index (χ3v) is 5.09. The quantitative estimate of drug-likeness (QED) is 0.630. The van der Waals surface area contributed by atoms with Crippen molar-refractivity contribution < 1.29 is 4.79 Å². The molecule has 0 aliphatic heterocycles. The molecule has 0 bridgehead atoms. The van der Waals surface area contributed by atoms with E-state index in [1.807, 2.05) is 44.3 Å². The number of hydrogen-bond acceptors (Lipinski definition) is 3. The summed E-state index contributed by atoms with van der Waals surface area (Å²) in [7, 11) is 0. The van der Waals surface area contributed by atoms with Crippen LogP contribution in [0, 0.1) is 13.8 Å². The van der Waals surface area contributed by atoms with Crippen LogP contribution in [0.15, 0.2) is 41.1 Å². The molecule has 0 saturated carbocycles. The zero-order valence-electron chi connectivity index (χ0n) is 14.5. The molecule has 1 aromatic carbocycles. The molecule has 3 rings (SSSR count). The van der Waals surface area contributed by atoms with E-state index in [0.29, 0.717) is 30.2 Å². The average Bonchev–Trinajstić information content (AvgIpc) is 3.15. The molecule has 0 saturated heterocycles. The van der Waals surface area contributed by atoms with Gasteiger partial charge in [-0.3, -0.25) is 14.2 Å². The number of nitrogens with one attached hydrogen (secondary N) is 1. The maximum Gasteiger partial charge on any atom is 0.226 e. The van der Waals surface area contributed by atoms with Crippen LogP contribution in [0.5, 0.6) is 0 Å². The van der Waals surface area contributed by atoms with E-state index >= 15 is 0 Å². The van der Waals surface area contributed by atoms with E-state index in [2.05, 4.69) is 31.4 Å². The molecule has 2 aromatic heterocycles. The Bertz CT molecular complexity index is 916. The van der Waals surface area contributed by atoms with Gasteiger partial charge in [-0.05, 0) is 31.5 Å². The van der Waals surface area contributed by atoms with E-state index in [1.165, 1.54) is 0 Å². The first-order valence-corrected chi connectivity index (χ1v) is 9.35.